The zero-order valence-corrected chi connectivity index (χ0v) is 14.8. The summed E-state index contributed by atoms with van der Waals surface area (Å²) in [4.78, 5) is 12.0. The maximum Gasteiger partial charge on any atom is 0.234 e. The number of nitrogens with zero attached hydrogens (tertiary/aromatic N) is 4. The first-order valence-electron chi connectivity index (χ1n) is 9.52. The van der Waals surface area contributed by atoms with E-state index in [0.717, 1.165) is 42.4 Å². The van der Waals surface area contributed by atoms with Crippen molar-refractivity contribution < 1.29 is 4.52 Å². The highest BCUT2D eigenvalue weighted by molar-refractivity contribution is 5.60. The first-order valence-corrected chi connectivity index (χ1v) is 9.52. The molecule has 0 aromatic carbocycles. The molecule has 2 bridgehead atoms. The molecular weight excluding hydrogens is 314 g/mol. The van der Waals surface area contributed by atoms with Crippen LogP contribution in [0.5, 0.6) is 0 Å². The van der Waals surface area contributed by atoms with Gasteiger partial charge < -0.3 is 14.7 Å². The molecule has 3 aliphatic rings. The molecule has 1 saturated carbocycles. The van der Waals surface area contributed by atoms with Crippen molar-refractivity contribution in [3.05, 3.63) is 23.7 Å². The Balaban J connectivity index is 1.45. The molecular formula is C19H25N5O. The number of hydrogen-bond acceptors (Lipinski definition) is 6. The number of rotatable bonds is 4. The van der Waals surface area contributed by atoms with Crippen molar-refractivity contribution in [3.63, 3.8) is 0 Å². The van der Waals surface area contributed by atoms with Crippen LogP contribution in [-0.2, 0) is 5.41 Å². The maximum absolute atomic E-state index is 5.78. The summed E-state index contributed by atoms with van der Waals surface area (Å²) >= 11 is 0. The summed E-state index contributed by atoms with van der Waals surface area (Å²) in [5, 5.41) is 7.79. The average molecular weight is 339 g/mol. The quantitative estimate of drug-likeness (QED) is 0.923. The van der Waals surface area contributed by atoms with Crippen LogP contribution in [0.2, 0.25) is 0 Å². The molecule has 2 aromatic rings. The minimum atomic E-state index is 0.0684. The fourth-order valence-electron chi connectivity index (χ4n) is 4.41. The second-order valence-electron chi connectivity index (χ2n) is 7.99. The van der Waals surface area contributed by atoms with E-state index in [1.807, 2.05) is 19.1 Å². The van der Waals surface area contributed by atoms with E-state index < -0.39 is 0 Å². The topological polar surface area (TPSA) is 67.1 Å². The van der Waals surface area contributed by atoms with Gasteiger partial charge in [-0.15, -0.1) is 0 Å². The molecule has 6 nitrogen and oxygen atoms in total. The molecule has 2 saturated heterocycles. The zero-order chi connectivity index (χ0) is 16.9. The molecule has 1 N–H and O–H groups in total. The van der Waals surface area contributed by atoms with E-state index in [4.69, 9.17) is 9.51 Å². The lowest BCUT2D eigenvalue weighted by Gasteiger charge is -2.44. The number of aryl methyl sites for hydroxylation is 1. The minimum Gasteiger partial charge on any atom is -0.367 e. The Kier molecular flexibility index (Phi) is 3.55. The first kappa shape index (κ1) is 15.3. The van der Waals surface area contributed by atoms with E-state index in [0.29, 0.717) is 11.9 Å². The Morgan fingerprint density at radius 3 is 2.72 bits per heavy atom. The van der Waals surface area contributed by atoms with Gasteiger partial charge in [-0.25, -0.2) is 4.98 Å². The number of hydrogen-bond donors (Lipinski definition) is 1. The summed E-state index contributed by atoms with van der Waals surface area (Å²) in [6.45, 7) is 5.50. The molecule has 1 aliphatic carbocycles. The molecule has 6 heteroatoms. The van der Waals surface area contributed by atoms with E-state index in [1.165, 1.54) is 38.8 Å². The Morgan fingerprint density at radius 1 is 1.16 bits per heavy atom. The number of aromatic nitrogens is 3. The Morgan fingerprint density at radius 2 is 1.96 bits per heavy atom. The summed E-state index contributed by atoms with van der Waals surface area (Å²) in [7, 11) is 0. The molecule has 3 fully saturated rings. The van der Waals surface area contributed by atoms with Gasteiger partial charge in [0, 0.05) is 23.8 Å². The molecule has 0 atom stereocenters. The van der Waals surface area contributed by atoms with Gasteiger partial charge in [-0.05, 0) is 70.7 Å². The van der Waals surface area contributed by atoms with Crippen LogP contribution in [0.3, 0.4) is 0 Å². The molecule has 2 aliphatic heterocycles. The van der Waals surface area contributed by atoms with Crippen LogP contribution in [0.4, 0.5) is 5.82 Å². The van der Waals surface area contributed by atoms with Crippen LogP contribution in [-0.4, -0.2) is 45.7 Å². The van der Waals surface area contributed by atoms with Gasteiger partial charge in [-0.2, -0.15) is 4.98 Å². The molecule has 132 valence electrons. The third-order valence-electron chi connectivity index (χ3n) is 5.81. The van der Waals surface area contributed by atoms with Gasteiger partial charge in [0.25, 0.3) is 0 Å². The minimum absolute atomic E-state index is 0.0684. The lowest BCUT2D eigenvalue weighted by atomic mass is 9.73. The Hall–Kier alpha value is -1.95. The van der Waals surface area contributed by atoms with Crippen molar-refractivity contribution in [1.29, 1.82) is 0 Å². The summed E-state index contributed by atoms with van der Waals surface area (Å²) in [5.74, 6) is 2.44. The second kappa shape index (κ2) is 5.80. The van der Waals surface area contributed by atoms with Crippen molar-refractivity contribution >= 4 is 5.82 Å². The SMILES string of the molecule is Cc1cc(-c2noc(C34CCCN(CCC3)C4)n2)cc(NC2CC2)n1. The fourth-order valence-corrected chi connectivity index (χ4v) is 4.41. The van der Waals surface area contributed by atoms with Crippen molar-refractivity contribution in [1.82, 2.24) is 20.0 Å². The molecule has 0 radical (unpaired) electrons. The van der Waals surface area contributed by atoms with Gasteiger partial charge in [0.2, 0.25) is 11.7 Å². The molecule has 25 heavy (non-hydrogen) atoms. The molecule has 0 amide bonds. The average Bonchev–Trinajstić information content (AvgIpc) is 3.25. The highest BCUT2D eigenvalue weighted by Gasteiger charge is 2.44. The Labute approximate surface area is 148 Å². The van der Waals surface area contributed by atoms with E-state index >= 15 is 0 Å². The third-order valence-corrected chi connectivity index (χ3v) is 5.81. The highest BCUT2D eigenvalue weighted by Crippen LogP contribution is 2.41. The van der Waals surface area contributed by atoms with Crippen LogP contribution < -0.4 is 5.32 Å². The van der Waals surface area contributed by atoms with Crippen LogP contribution in [0.1, 0.15) is 50.1 Å². The molecule has 4 heterocycles. The summed E-state index contributed by atoms with van der Waals surface area (Å²) < 4.78 is 5.78. The van der Waals surface area contributed by atoms with Gasteiger partial charge in [0.05, 0.1) is 5.41 Å². The molecule has 5 rings (SSSR count). The maximum atomic E-state index is 5.78. The van der Waals surface area contributed by atoms with Gasteiger partial charge in [0.1, 0.15) is 5.82 Å². The molecule has 0 spiro atoms. The largest absolute Gasteiger partial charge is 0.367 e. The smallest absolute Gasteiger partial charge is 0.234 e. The van der Waals surface area contributed by atoms with Crippen molar-refractivity contribution in [2.24, 2.45) is 0 Å². The van der Waals surface area contributed by atoms with Gasteiger partial charge >= 0.3 is 0 Å². The van der Waals surface area contributed by atoms with E-state index in [2.05, 4.69) is 20.4 Å². The number of fused-ring (bicyclic) bond motifs is 2. The predicted molar refractivity (Wildman–Crippen MR) is 95.5 cm³/mol. The highest BCUT2D eigenvalue weighted by atomic mass is 16.5. The van der Waals surface area contributed by atoms with Crippen LogP contribution in [0.15, 0.2) is 16.7 Å². The number of anilines is 1. The summed E-state index contributed by atoms with van der Waals surface area (Å²) in [5.41, 5.74) is 2.04. The summed E-state index contributed by atoms with van der Waals surface area (Å²) in [6, 6.07) is 4.67. The normalized spacial score (nSPS) is 28.8. The number of nitrogens with one attached hydrogen (secondary N) is 1. The zero-order valence-electron chi connectivity index (χ0n) is 14.8. The number of pyridine rings is 1. The lowest BCUT2D eigenvalue weighted by molar-refractivity contribution is 0.0711. The van der Waals surface area contributed by atoms with Gasteiger partial charge in [0.15, 0.2) is 0 Å². The third kappa shape index (κ3) is 2.92. The van der Waals surface area contributed by atoms with Crippen LogP contribution in [0.25, 0.3) is 11.4 Å². The lowest BCUT2D eigenvalue weighted by Crippen LogP contribution is -2.50. The van der Waals surface area contributed by atoms with Crippen molar-refractivity contribution in [2.75, 3.05) is 25.0 Å². The van der Waals surface area contributed by atoms with Gasteiger partial charge in [-0.3, -0.25) is 0 Å². The molecule has 0 unspecified atom stereocenters. The van der Waals surface area contributed by atoms with E-state index in [1.54, 1.807) is 0 Å². The molecule has 2 aromatic heterocycles. The number of piperidine rings is 2. The fraction of sp³-hybridized carbons (Fsp3) is 0.632. The summed E-state index contributed by atoms with van der Waals surface area (Å²) in [6.07, 6.45) is 7.24. The van der Waals surface area contributed by atoms with Gasteiger partial charge in [-0.1, -0.05) is 5.16 Å². The second-order valence-corrected chi connectivity index (χ2v) is 7.99. The van der Waals surface area contributed by atoms with E-state index in [-0.39, 0.29) is 5.41 Å². The Bertz CT molecular complexity index is 772. The van der Waals surface area contributed by atoms with Crippen molar-refractivity contribution in [3.8, 4) is 11.4 Å². The predicted octanol–water partition coefficient (Wildman–Crippen LogP) is 3.14. The standard InChI is InChI=1S/C19H25N5O/c1-13-10-14(11-16(20-13)21-15-4-5-15)17-22-18(25-23-17)19-6-2-8-24(12-19)9-3-7-19/h10-11,15H,2-9,12H2,1H3,(H,20,21). The van der Waals surface area contributed by atoms with E-state index in [9.17, 15) is 0 Å². The monoisotopic (exact) mass is 339 g/mol. The first-order chi connectivity index (χ1) is 12.2. The van der Waals surface area contributed by atoms with Crippen LogP contribution >= 0.6 is 0 Å². The van der Waals surface area contributed by atoms with Crippen molar-refractivity contribution in [2.45, 2.75) is 56.9 Å². The van der Waals surface area contributed by atoms with Crippen LogP contribution in [0, 0.1) is 6.92 Å².